The fourth-order valence-electron chi connectivity index (χ4n) is 3.26. The monoisotopic (exact) mass is 457 g/mol. The van der Waals surface area contributed by atoms with Crippen LogP contribution in [0.15, 0.2) is 91.0 Å². The largest absolute Gasteiger partial charge is 0.462 e. The SMILES string of the molecule is C=C(C)C(=N)Oc1ccc(-c2ccc(-c3ccc(CCCOC(=O)C(=C)C)cc3)cc2F)cc1. The summed E-state index contributed by atoms with van der Waals surface area (Å²) < 4.78 is 25.4. The molecule has 0 spiro atoms. The summed E-state index contributed by atoms with van der Waals surface area (Å²) in [5.41, 5.74) is 4.97. The van der Waals surface area contributed by atoms with Crippen LogP contribution >= 0.6 is 0 Å². The van der Waals surface area contributed by atoms with Crippen molar-refractivity contribution in [2.45, 2.75) is 26.7 Å². The molecule has 0 aromatic heterocycles. The molecule has 0 aliphatic carbocycles. The molecule has 0 aliphatic heterocycles. The lowest BCUT2D eigenvalue weighted by Crippen LogP contribution is -2.06. The predicted octanol–water partition coefficient (Wildman–Crippen LogP) is 7.14. The summed E-state index contributed by atoms with van der Waals surface area (Å²) in [7, 11) is 0. The molecule has 0 amide bonds. The van der Waals surface area contributed by atoms with E-state index in [1.54, 1.807) is 44.2 Å². The van der Waals surface area contributed by atoms with Crippen LogP contribution in [0, 0.1) is 11.2 Å². The summed E-state index contributed by atoms with van der Waals surface area (Å²) in [6.07, 6.45) is 1.50. The minimum absolute atomic E-state index is 0.000476. The smallest absolute Gasteiger partial charge is 0.333 e. The lowest BCUT2D eigenvalue weighted by molar-refractivity contribution is -0.139. The Labute approximate surface area is 199 Å². The quantitative estimate of drug-likeness (QED) is 0.122. The Morgan fingerprint density at radius 1 is 0.882 bits per heavy atom. The van der Waals surface area contributed by atoms with Crippen LogP contribution in [0.3, 0.4) is 0 Å². The number of esters is 1. The highest BCUT2D eigenvalue weighted by atomic mass is 19.1. The number of rotatable bonds is 9. The highest BCUT2D eigenvalue weighted by Crippen LogP contribution is 2.29. The summed E-state index contributed by atoms with van der Waals surface area (Å²) in [6, 6.07) is 20.1. The summed E-state index contributed by atoms with van der Waals surface area (Å²) in [4.78, 5) is 11.4. The number of carbonyl (C=O) groups is 1. The van der Waals surface area contributed by atoms with Crippen molar-refractivity contribution < 1.29 is 18.7 Å². The first kappa shape index (κ1) is 24.6. The highest BCUT2D eigenvalue weighted by Gasteiger charge is 2.09. The van der Waals surface area contributed by atoms with Gasteiger partial charge in [0, 0.05) is 16.7 Å². The van der Waals surface area contributed by atoms with Crippen molar-refractivity contribution in [3.63, 3.8) is 0 Å². The van der Waals surface area contributed by atoms with Gasteiger partial charge in [0.1, 0.15) is 11.6 Å². The van der Waals surface area contributed by atoms with E-state index in [0.717, 1.165) is 35.1 Å². The van der Waals surface area contributed by atoms with Crippen molar-refractivity contribution in [1.29, 1.82) is 5.41 Å². The summed E-state index contributed by atoms with van der Waals surface area (Å²) in [5.74, 6) is -0.180. The third-order valence-electron chi connectivity index (χ3n) is 5.22. The van der Waals surface area contributed by atoms with Crippen LogP contribution in [0.5, 0.6) is 5.75 Å². The Kier molecular flexibility index (Phi) is 8.14. The number of benzene rings is 3. The minimum Gasteiger partial charge on any atom is -0.462 e. The molecule has 0 atom stereocenters. The van der Waals surface area contributed by atoms with E-state index < -0.39 is 0 Å². The fraction of sp³-hybridized carbons (Fsp3) is 0.172. The first-order valence-electron chi connectivity index (χ1n) is 11.0. The average molecular weight is 458 g/mol. The summed E-state index contributed by atoms with van der Waals surface area (Å²) in [6.45, 7) is 10.9. The van der Waals surface area contributed by atoms with E-state index in [0.29, 0.717) is 29.1 Å². The zero-order valence-electron chi connectivity index (χ0n) is 19.5. The van der Waals surface area contributed by atoms with Crippen LogP contribution < -0.4 is 4.74 Å². The third kappa shape index (κ3) is 6.51. The third-order valence-corrected chi connectivity index (χ3v) is 5.22. The molecule has 0 heterocycles. The second-order valence-electron chi connectivity index (χ2n) is 8.15. The van der Waals surface area contributed by atoms with Crippen molar-refractivity contribution >= 4 is 11.9 Å². The van der Waals surface area contributed by atoms with Crippen LogP contribution in [-0.2, 0) is 16.0 Å². The number of carbonyl (C=O) groups excluding carboxylic acids is 1. The van der Waals surface area contributed by atoms with Gasteiger partial charge in [-0.05, 0) is 67.1 Å². The van der Waals surface area contributed by atoms with Crippen molar-refractivity contribution in [3.8, 4) is 28.0 Å². The Morgan fingerprint density at radius 3 is 2.09 bits per heavy atom. The van der Waals surface area contributed by atoms with Gasteiger partial charge in [0.05, 0.1) is 6.61 Å². The van der Waals surface area contributed by atoms with Crippen LogP contribution in [0.25, 0.3) is 22.3 Å². The van der Waals surface area contributed by atoms with Crippen LogP contribution in [0.1, 0.15) is 25.8 Å². The van der Waals surface area contributed by atoms with E-state index in [2.05, 4.69) is 13.2 Å². The average Bonchev–Trinajstić information content (AvgIpc) is 2.82. The molecule has 3 rings (SSSR count). The Bertz CT molecular complexity index is 1210. The predicted molar refractivity (Wildman–Crippen MR) is 135 cm³/mol. The van der Waals surface area contributed by atoms with E-state index in [4.69, 9.17) is 14.9 Å². The Balaban J connectivity index is 1.63. The molecule has 0 radical (unpaired) electrons. The van der Waals surface area contributed by atoms with Crippen molar-refractivity contribution in [2.24, 2.45) is 0 Å². The number of aryl methyl sites for hydroxylation is 1. The van der Waals surface area contributed by atoms with Gasteiger partial charge in [-0.3, -0.25) is 5.41 Å². The van der Waals surface area contributed by atoms with E-state index in [1.165, 1.54) is 6.07 Å². The van der Waals surface area contributed by atoms with Gasteiger partial charge < -0.3 is 9.47 Å². The molecule has 174 valence electrons. The first-order valence-corrected chi connectivity index (χ1v) is 11.0. The molecule has 0 fully saturated rings. The summed E-state index contributed by atoms with van der Waals surface area (Å²) in [5, 5.41) is 7.72. The van der Waals surface area contributed by atoms with Crippen molar-refractivity contribution in [3.05, 3.63) is 102 Å². The van der Waals surface area contributed by atoms with Crippen molar-refractivity contribution in [2.75, 3.05) is 6.61 Å². The number of ether oxygens (including phenoxy) is 2. The molecule has 4 nitrogen and oxygen atoms in total. The number of hydrogen-bond acceptors (Lipinski definition) is 4. The minimum atomic E-state index is -0.367. The molecule has 0 saturated carbocycles. The molecule has 0 bridgehead atoms. The van der Waals surface area contributed by atoms with Gasteiger partial charge in [0.25, 0.3) is 0 Å². The maximum atomic E-state index is 14.9. The lowest BCUT2D eigenvalue weighted by atomic mass is 9.98. The second kappa shape index (κ2) is 11.2. The highest BCUT2D eigenvalue weighted by molar-refractivity contribution is 5.91. The fourth-order valence-corrected chi connectivity index (χ4v) is 3.26. The molecule has 3 aromatic rings. The normalized spacial score (nSPS) is 10.4. The molecule has 1 N–H and O–H groups in total. The van der Waals surface area contributed by atoms with Crippen LogP contribution in [0.2, 0.25) is 0 Å². The van der Waals surface area contributed by atoms with Crippen LogP contribution in [0.4, 0.5) is 4.39 Å². The Morgan fingerprint density at radius 2 is 1.50 bits per heavy atom. The zero-order valence-corrected chi connectivity index (χ0v) is 19.5. The molecule has 3 aromatic carbocycles. The van der Waals surface area contributed by atoms with E-state index in [1.807, 2.05) is 30.3 Å². The van der Waals surface area contributed by atoms with Crippen LogP contribution in [-0.4, -0.2) is 18.5 Å². The maximum Gasteiger partial charge on any atom is 0.333 e. The summed E-state index contributed by atoms with van der Waals surface area (Å²) >= 11 is 0. The van der Waals surface area contributed by atoms with Gasteiger partial charge in [0.2, 0.25) is 5.90 Å². The molecule has 0 saturated heterocycles. The maximum absolute atomic E-state index is 14.9. The standard InChI is InChI=1S/C29H28FNO3/c1-19(2)28(31)34-25-14-11-23(12-15-25)26-16-13-24(18-27(26)30)22-9-7-21(8-10-22)6-5-17-33-29(32)20(3)4/h7-16,18,31H,1,3,5-6,17H2,2,4H3. The molecular weight excluding hydrogens is 429 g/mol. The van der Waals surface area contributed by atoms with Gasteiger partial charge in [0.15, 0.2) is 0 Å². The number of nitrogens with one attached hydrogen (secondary N) is 1. The van der Waals surface area contributed by atoms with Gasteiger partial charge in [-0.25, -0.2) is 9.18 Å². The zero-order chi connectivity index (χ0) is 24.7. The number of halogens is 1. The second-order valence-corrected chi connectivity index (χ2v) is 8.15. The van der Waals surface area contributed by atoms with E-state index >= 15 is 0 Å². The van der Waals surface area contributed by atoms with Crippen molar-refractivity contribution in [1.82, 2.24) is 0 Å². The molecular formula is C29H28FNO3. The topological polar surface area (TPSA) is 59.4 Å². The van der Waals surface area contributed by atoms with Gasteiger partial charge in [-0.2, -0.15) is 0 Å². The molecule has 34 heavy (non-hydrogen) atoms. The van der Waals surface area contributed by atoms with Gasteiger partial charge in [-0.15, -0.1) is 0 Å². The lowest BCUT2D eigenvalue weighted by Gasteiger charge is -2.10. The van der Waals surface area contributed by atoms with E-state index in [-0.39, 0.29) is 17.7 Å². The molecule has 5 heteroatoms. The van der Waals surface area contributed by atoms with Gasteiger partial charge in [-0.1, -0.05) is 61.7 Å². The molecule has 0 unspecified atom stereocenters. The van der Waals surface area contributed by atoms with Gasteiger partial charge >= 0.3 is 5.97 Å². The first-order chi connectivity index (χ1) is 16.2. The Hall–Kier alpha value is -3.99. The number of hydrogen-bond donors (Lipinski definition) is 1. The van der Waals surface area contributed by atoms with E-state index in [9.17, 15) is 9.18 Å². The molecule has 0 aliphatic rings.